The summed E-state index contributed by atoms with van der Waals surface area (Å²) < 4.78 is 11.0. The van der Waals surface area contributed by atoms with Crippen LogP contribution in [-0.2, 0) is 9.52 Å². The first kappa shape index (κ1) is 9.02. The molecule has 56 valence electrons. The van der Waals surface area contributed by atoms with Crippen molar-refractivity contribution in [1.82, 2.24) is 0 Å². The van der Waals surface area contributed by atoms with Gasteiger partial charge in [-0.05, 0) is 27.7 Å². The molecule has 1 nitrogen and oxygen atoms in total. The minimum Gasteiger partial charge on any atom is -0.268 e. The van der Waals surface area contributed by atoms with E-state index in [1.54, 1.807) is 6.26 Å². The molecule has 9 heavy (non-hydrogen) atoms. The maximum absolute atomic E-state index is 11.0. The fraction of sp³-hybridized carbons (Fsp3) is 0.857. The summed E-state index contributed by atoms with van der Waals surface area (Å²) in [5, 5.41) is 0. The number of hydrogen-bond acceptors (Lipinski definition) is 1. The maximum Gasteiger partial charge on any atom is 0.0158 e. The van der Waals surface area contributed by atoms with Crippen LogP contribution in [-0.4, -0.2) is 22.1 Å². The summed E-state index contributed by atoms with van der Waals surface area (Å²) in [7, 11) is -1.72. The van der Waals surface area contributed by atoms with Crippen LogP contribution in [0.3, 0.4) is 0 Å². The van der Waals surface area contributed by atoms with Crippen molar-refractivity contribution in [1.29, 1.82) is 0 Å². The molecule has 0 heterocycles. The highest BCUT2D eigenvalue weighted by Gasteiger charge is 1.97. The Bertz CT molecular complexity index is 154. The number of hydrogen-bond donors (Lipinski definition) is 0. The second-order valence-electron chi connectivity index (χ2n) is 3.07. The molecule has 0 aromatic carbocycles. The Hall–Kier alpha value is 0.0200. The van der Waals surface area contributed by atoms with E-state index in [-0.39, 0.29) is 0 Å². The average Bonchev–Trinajstić information content (AvgIpc) is 1.59. The van der Waals surface area contributed by atoms with Gasteiger partial charge in [-0.15, -0.1) is 0 Å². The van der Waals surface area contributed by atoms with E-state index in [0.717, 1.165) is 12.2 Å². The van der Waals surface area contributed by atoms with Gasteiger partial charge in [-0.1, -0.05) is 13.8 Å². The Labute approximate surface area is 58.5 Å². The predicted molar refractivity (Wildman–Crippen MR) is 45.5 cm³/mol. The Balaban J connectivity index is 3.53. The first-order valence-corrected chi connectivity index (χ1v) is 5.52. The van der Waals surface area contributed by atoms with Crippen LogP contribution >= 0.6 is 0 Å². The van der Waals surface area contributed by atoms with Gasteiger partial charge in [0, 0.05) is 12.0 Å². The molecule has 2 heteroatoms. The highest BCUT2D eigenvalue weighted by Crippen LogP contribution is 2.00. The molecule has 1 unspecified atom stereocenters. The molecule has 0 spiro atoms. The van der Waals surface area contributed by atoms with Crippen LogP contribution in [0.4, 0.5) is 0 Å². The van der Waals surface area contributed by atoms with E-state index in [2.05, 4.69) is 19.7 Å². The van der Waals surface area contributed by atoms with Crippen LogP contribution < -0.4 is 0 Å². The quantitative estimate of drug-likeness (QED) is 0.553. The van der Waals surface area contributed by atoms with Gasteiger partial charge in [0.1, 0.15) is 0 Å². The van der Waals surface area contributed by atoms with E-state index in [9.17, 15) is 4.21 Å². The van der Waals surface area contributed by atoms with Gasteiger partial charge < -0.3 is 0 Å². The van der Waals surface area contributed by atoms with E-state index >= 15 is 0 Å². The molecule has 0 aliphatic rings. The Morgan fingerprint density at radius 3 is 2.11 bits per heavy atom. The summed E-state index contributed by atoms with van der Waals surface area (Å²) in [5.74, 6) is 4.98. The minimum atomic E-state index is -1.72. The molecule has 0 radical (unpaired) electrons. The third kappa shape index (κ3) is 8.02. The minimum absolute atomic E-state index is 0.646. The van der Waals surface area contributed by atoms with Gasteiger partial charge in [0.2, 0.25) is 0 Å². The van der Waals surface area contributed by atoms with Crippen molar-refractivity contribution in [2.75, 3.05) is 12.0 Å². The summed E-state index contributed by atoms with van der Waals surface area (Å²) in [6, 6.07) is 0. The Morgan fingerprint density at radius 2 is 2.00 bits per heavy atom. The zero-order valence-electron chi connectivity index (χ0n) is 6.52. The smallest absolute Gasteiger partial charge is 0.0158 e. The molecule has 1 atom stereocenters. The van der Waals surface area contributed by atoms with Crippen LogP contribution in [0.1, 0.15) is 20.3 Å². The molecule has 0 bridgehead atoms. The normalized spacial score (nSPS) is 17.8. The standard InChI is InChI=1S/C7H16OS/c1-7(2)5-6-9(3,4)8/h7H,3,5-6H2,1-2,4H3. The van der Waals surface area contributed by atoms with Crippen molar-refractivity contribution in [3.05, 3.63) is 0 Å². The lowest BCUT2D eigenvalue weighted by molar-refractivity contribution is 0.620. The van der Waals surface area contributed by atoms with Crippen LogP contribution in [0.2, 0.25) is 0 Å². The molecule has 0 N–H and O–H groups in total. The van der Waals surface area contributed by atoms with Gasteiger partial charge in [0.15, 0.2) is 0 Å². The Kier molecular flexibility index (Phi) is 3.26. The lowest BCUT2D eigenvalue weighted by Gasteiger charge is -2.04. The molecule has 0 aliphatic heterocycles. The highest BCUT2D eigenvalue weighted by atomic mass is 32.2. The fourth-order valence-corrected chi connectivity index (χ4v) is 1.45. The van der Waals surface area contributed by atoms with Crippen molar-refractivity contribution in [2.24, 2.45) is 5.92 Å². The monoisotopic (exact) mass is 148 g/mol. The summed E-state index contributed by atoms with van der Waals surface area (Å²) in [6.45, 7) is 4.26. The molecule has 0 saturated heterocycles. The van der Waals surface area contributed by atoms with E-state index < -0.39 is 9.52 Å². The van der Waals surface area contributed by atoms with Gasteiger partial charge in [-0.3, -0.25) is 4.21 Å². The van der Waals surface area contributed by atoms with E-state index in [4.69, 9.17) is 0 Å². The second kappa shape index (κ2) is 3.25. The van der Waals surface area contributed by atoms with Crippen molar-refractivity contribution < 1.29 is 4.21 Å². The van der Waals surface area contributed by atoms with Gasteiger partial charge in [-0.25, -0.2) is 0 Å². The SMILES string of the molecule is C=S(C)(=O)CCC(C)C. The lowest BCUT2D eigenvalue weighted by Crippen LogP contribution is -2.05. The van der Waals surface area contributed by atoms with Crippen molar-refractivity contribution in [3.8, 4) is 0 Å². The molecule has 0 aromatic rings. The van der Waals surface area contributed by atoms with E-state index in [1.165, 1.54) is 0 Å². The van der Waals surface area contributed by atoms with Gasteiger partial charge in [0.05, 0.1) is 0 Å². The molecule has 0 fully saturated rings. The largest absolute Gasteiger partial charge is 0.268 e. The third-order valence-electron chi connectivity index (χ3n) is 1.13. The van der Waals surface area contributed by atoms with Gasteiger partial charge in [-0.2, -0.15) is 0 Å². The summed E-state index contributed by atoms with van der Waals surface area (Å²) in [5.41, 5.74) is 0. The zero-order chi connectivity index (χ0) is 7.49. The van der Waals surface area contributed by atoms with Crippen LogP contribution in [0.15, 0.2) is 0 Å². The summed E-state index contributed by atoms with van der Waals surface area (Å²) in [6.07, 6.45) is 2.74. The molecule has 0 aliphatic carbocycles. The predicted octanol–water partition coefficient (Wildman–Crippen LogP) is 1.38. The molecule has 0 rings (SSSR count). The number of rotatable bonds is 3. The summed E-state index contributed by atoms with van der Waals surface area (Å²) >= 11 is 0. The Morgan fingerprint density at radius 1 is 1.56 bits per heavy atom. The molecule has 0 saturated carbocycles. The third-order valence-corrected chi connectivity index (χ3v) is 2.23. The lowest BCUT2D eigenvalue weighted by atomic mass is 10.2. The van der Waals surface area contributed by atoms with Crippen LogP contribution in [0, 0.1) is 5.92 Å². The van der Waals surface area contributed by atoms with Gasteiger partial charge >= 0.3 is 0 Å². The zero-order valence-corrected chi connectivity index (χ0v) is 7.33. The topological polar surface area (TPSA) is 17.1 Å². The highest BCUT2D eigenvalue weighted by molar-refractivity contribution is 7.99. The fourth-order valence-electron chi connectivity index (χ4n) is 0.485. The summed E-state index contributed by atoms with van der Waals surface area (Å²) in [4.78, 5) is 0. The van der Waals surface area contributed by atoms with Crippen molar-refractivity contribution in [3.63, 3.8) is 0 Å². The molecular formula is C7H16OS. The average molecular weight is 148 g/mol. The molecule has 0 aromatic heterocycles. The first-order chi connectivity index (χ1) is 3.92. The van der Waals surface area contributed by atoms with Crippen LogP contribution in [0.25, 0.3) is 0 Å². The van der Waals surface area contributed by atoms with Crippen molar-refractivity contribution in [2.45, 2.75) is 20.3 Å². The maximum atomic E-state index is 11.0. The van der Waals surface area contributed by atoms with E-state index in [1.807, 2.05) is 0 Å². The van der Waals surface area contributed by atoms with Gasteiger partial charge in [0.25, 0.3) is 0 Å². The molecule has 0 amide bonds. The molecular weight excluding hydrogens is 132 g/mol. The van der Waals surface area contributed by atoms with E-state index in [0.29, 0.717) is 5.92 Å². The van der Waals surface area contributed by atoms with Crippen LogP contribution in [0.5, 0.6) is 0 Å². The first-order valence-electron chi connectivity index (χ1n) is 3.22. The second-order valence-corrected chi connectivity index (χ2v) is 5.85. The van der Waals surface area contributed by atoms with Crippen molar-refractivity contribution >= 4 is 15.4 Å².